The topological polar surface area (TPSA) is 77.3 Å². The first-order valence-electron chi connectivity index (χ1n) is 5.74. The minimum atomic E-state index is -0.889. The van der Waals surface area contributed by atoms with E-state index in [9.17, 15) is 9.90 Å². The van der Waals surface area contributed by atoms with Crippen molar-refractivity contribution in [3.8, 4) is 0 Å². The summed E-state index contributed by atoms with van der Waals surface area (Å²) in [6, 6.07) is -0.512. The van der Waals surface area contributed by atoms with Crippen molar-refractivity contribution in [3.05, 3.63) is 0 Å². The van der Waals surface area contributed by atoms with Gasteiger partial charge in [0.05, 0.1) is 0 Å². The molecule has 96 valence electrons. The molecule has 5 unspecified atom stereocenters. The highest BCUT2D eigenvalue weighted by Gasteiger charge is 2.49. The van der Waals surface area contributed by atoms with E-state index in [4.69, 9.17) is 14.2 Å². The molecule has 17 heavy (non-hydrogen) atoms. The van der Waals surface area contributed by atoms with Crippen molar-refractivity contribution < 1.29 is 24.1 Å². The monoisotopic (exact) mass is 243 g/mol. The van der Waals surface area contributed by atoms with E-state index in [0.717, 1.165) is 0 Å². The second-order valence-electron chi connectivity index (χ2n) is 4.27. The van der Waals surface area contributed by atoms with Gasteiger partial charge in [0.25, 0.3) is 0 Å². The molecule has 6 nitrogen and oxygen atoms in total. The lowest BCUT2D eigenvalue weighted by Crippen LogP contribution is -2.57. The van der Waals surface area contributed by atoms with Gasteiger partial charge >= 0.3 is 5.97 Å². The first kappa shape index (κ1) is 12.3. The summed E-state index contributed by atoms with van der Waals surface area (Å²) in [7, 11) is 0. The van der Waals surface area contributed by atoms with E-state index in [1.54, 1.807) is 6.92 Å². The van der Waals surface area contributed by atoms with Gasteiger partial charge in [0, 0.05) is 13.8 Å². The lowest BCUT2D eigenvalue weighted by atomic mass is 9.96. The second-order valence-corrected chi connectivity index (χ2v) is 4.27. The van der Waals surface area contributed by atoms with Crippen LogP contribution in [0.5, 0.6) is 0 Å². The molecule has 0 radical (unpaired) electrons. The van der Waals surface area contributed by atoms with Crippen LogP contribution >= 0.6 is 0 Å². The highest BCUT2D eigenvalue weighted by atomic mass is 16.7. The number of hydrogen-bond donors (Lipinski definition) is 1. The number of nitrogens with zero attached hydrogens (tertiary/aromatic N) is 1. The van der Waals surface area contributed by atoms with Crippen molar-refractivity contribution in [2.75, 3.05) is 0 Å². The number of hydrogen-bond acceptors (Lipinski definition) is 6. The van der Waals surface area contributed by atoms with Crippen molar-refractivity contribution in [1.82, 2.24) is 0 Å². The minimum absolute atomic E-state index is 0.365. The Bertz CT molecular complexity index is 343. The van der Waals surface area contributed by atoms with Crippen LogP contribution in [0.3, 0.4) is 0 Å². The zero-order valence-electron chi connectivity index (χ0n) is 10.1. The molecule has 0 aromatic rings. The van der Waals surface area contributed by atoms with Crippen LogP contribution in [0.1, 0.15) is 27.2 Å². The number of ether oxygens (including phenoxy) is 3. The Morgan fingerprint density at radius 3 is 2.88 bits per heavy atom. The Morgan fingerprint density at radius 1 is 1.59 bits per heavy atom. The fourth-order valence-electron chi connectivity index (χ4n) is 2.21. The van der Waals surface area contributed by atoms with Gasteiger partial charge in [-0.1, -0.05) is 6.92 Å². The van der Waals surface area contributed by atoms with E-state index >= 15 is 0 Å². The zero-order chi connectivity index (χ0) is 12.6. The molecule has 2 aliphatic rings. The van der Waals surface area contributed by atoms with Crippen LogP contribution in [0.25, 0.3) is 0 Å². The molecular weight excluding hydrogens is 226 g/mol. The summed E-state index contributed by atoms with van der Waals surface area (Å²) < 4.78 is 16.1. The quantitative estimate of drug-likeness (QED) is 0.702. The molecule has 5 atom stereocenters. The van der Waals surface area contributed by atoms with Gasteiger partial charge in [0.15, 0.2) is 12.0 Å². The lowest BCUT2D eigenvalue weighted by Gasteiger charge is -2.39. The Hall–Kier alpha value is -1.14. The standard InChI is InChI=1S/C11H17NO5/c1-4-7-10(16-6(3)13)9(14)8-11(17-7)15-5(2)12-8/h7-11,14H,4H2,1-3H3. The molecule has 2 rings (SSSR count). The molecule has 0 spiro atoms. The smallest absolute Gasteiger partial charge is 0.303 e. The van der Waals surface area contributed by atoms with Gasteiger partial charge in [-0.3, -0.25) is 4.79 Å². The molecule has 6 heteroatoms. The second kappa shape index (κ2) is 4.62. The Kier molecular flexibility index (Phi) is 3.35. The molecule has 1 fully saturated rings. The molecule has 0 saturated carbocycles. The van der Waals surface area contributed by atoms with Crippen molar-refractivity contribution in [2.45, 2.75) is 57.8 Å². The number of fused-ring (bicyclic) bond motifs is 1. The first-order valence-corrected chi connectivity index (χ1v) is 5.74. The maximum absolute atomic E-state index is 11.0. The van der Waals surface area contributed by atoms with Crippen molar-refractivity contribution >= 4 is 11.9 Å². The van der Waals surface area contributed by atoms with Gasteiger partial charge < -0.3 is 19.3 Å². The molecule has 0 aromatic heterocycles. The molecule has 0 aromatic carbocycles. The van der Waals surface area contributed by atoms with Gasteiger partial charge in [-0.15, -0.1) is 0 Å². The van der Waals surface area contributed by atoms with Crippen LogP contribution in [0.4, 0.5) is 0 Å². The number of esters is 1. The zero-order valence-corrected chi connectivity index (χ0v) is 10.1. The summed E-state index contributed by atoms with van der Waals surface area (Å²) in [5, 5.41) is 10.2. The maximum atomic E-state index is 11.0. The van der Waals surface area contributed by atoms with E-state index in [-0.39, 0.29) is 6.10 Å². The molecule has 2 heterocycles. The molecule has 1 saturated heterocycles. The average Bonchev–Trinajstić information content (AvgIpc) is 2.62. The van der Waals surface area contributed by atoms with Crippen molar-refractivity contribution in [2.24, 2.45) is 4.99 Å². The number of carbonyl (C=O) groups is 1. The average molecular weight is 243 g/mol. The van der Waals surface area contributed by atoms with Crippen molar-refractivity contribution in [3.63, 3.8) is 0 Å². The number of aliphatic hydroxyl groups is 1. The molecule has 2 aliphatic heterocycles. The highest BCUT2D eigenvalue weighted by molar-refractivity contribution is 5.75. The van der Waals surface area contributed by atoms with E-state index < -0.39 is 30.5 Å². The largest absolute Gasteiger partial charge is 0.457 e. The van der Waals surface area contributed by atoms with Crippen LogP contribution in [-0.2, 0) is 19.0 Å². The third-order valence-electron chi connectivity index (χ3n) is 2.96. The van der Waals surface area contributed by atoms with Gasteiger partial charge in [-0.2, -0.15) is 0 Å². The molecule has 0 amide bonds. The van der Waals surface area contributed by atoms with Crippen LogP contribution in [0, 0.1) is 0 Å². The van der Waals surface area contributed by atoms with Gasteiger partial charge in [0.1, 0.15) is 18.2 Å². The number of carbonyl (C=O) groups excluding carboxylic acids is 1. The molecule has 0 bridgehead atoms. The van der Waals surface area contributed by atoms with Gasteiger partial charge in [-0.05, 0) is 6.42 Å². The van der Waals surface area contributed by atoms with Crippen LogP contribution in [0.15, 0.2) is 4.99 Å². The van der Waals surface area contributed by atoms with Gasteiger partial charge in [0.2, 0.25) is 6.29 Å². The molecule has 1 N–H and O–H groups in total. The number of aliphatic imine (C=N–C) groups is 1. The van der Waals surface area contributed by atoms with Gasteiger partial charge in [-0.25, -0.2) is 4.99 Å². The number of rotatable bonds is 2. The normalized spacial score (nSPS) is 40.2. The fourth-order valence-corrected chi connectivity index (χ4v) is 2.21. The van der Waals surface area contributed by atoms with Crippen LogP contribution < -0.4 is 0 Å². The van der Waals surface area contributed by atoms with E-state index in [1.165, 1.54) is 6.92 Å². The third-order valence-corrected chi connectivity index (χ3v) is 2.96. The Balaban J connectivity index is 2.16. The molecule has 0 aliphatic carbocycles. The predicted molar refractivity (Wildman–Crippen MR) is 58.5 cm³/mol. The summed E-state index contributed by atoms with van der Waals surface area (Å²) in [4.78, 5) is 15.2. The summed E-state index contributed by atoms with van der Waals surface area (Å²) in [6.45, 7) is 4.91. The van der Waals surface area contributed by atoms with E-state index in [1.807, 2.05) is 6.92 Å². The lowest BCUT2D eigenvalue weighted by molar-refractivity contribution is -0.236. The van der Waals surface area contributed by atoms with E-state index in [2.05, 4.69) is 4.99 Å². The maximum Gasteiger partial charge on any atom is 0.303 e. The van der Waals surface area contributed by atoms with Crippen molar-refractivity contribution in [1.29, 1.82) is 0 Å². The van der Waals surface area contributed by atoms with Crippen LogP contribution in [-0.4, -0.2) is 47.6 Å². The highest BCUT2D eigenvalue weighted by Crippen LogP contribution is 2.31. The SMILES string of the molecule is CCC1OC2OC(C)=NC2C(O)C1OC(C)=O. The summed E-state index contributed by atoms with van der Waals surface area (Å²) in [6.07, 6.45) is -1.88. The summed E-state index contributed by atoms with van der Waals surface area (Å²) in [5.74, 6) is 0.0477. The first-order chi connectivity index (χ1) is 8.02. The molecular formula is C11H17NO5. The summed E-state index contributed by atoms with van der Waals surface area (Å²) in [5.41, 5.74) is 0. The third kappa shape index (κ3) is 2.28. The predicted octanol–water partition coefficient (Wildman–Crippen LogP) is 0.231. The van der Waals surface area contributed by atoms with E-state index in [0.29, 0.717) is 12.3 Å². The fraction of sp³-hybridized carbons (Fsp3) is 0.818. The Morgan fingerprint density at radius 2 is 2.29 bits per heavy atom. The summed E-state index contributed by atoms with van der Waals surface area (Å²) >= 11 is 0. The Labute approximate surface area is 99.6 Å². The van der Waals surface area contributed by atoms with Crippen LogP contribution in [0.2, 0.25) is 0 Å². The minimum Gasteiger partial charge on any atom is -0.457 e. The number of aliphatic hydroxyl groups excluding tert-OH is 1.